The molecule has 0 aliphatic heterocycles. The van der Waals surface area contributed by atoms with Crippen LogP contribution in [0, 0.1) is 17.6 Å². The van der Waals surface area contributed by atoms with Crippen LogP contribution in [-0.2, 0) is 6.42 Å². The van der Waals surface area contributed by atoms with Crippen LogP contribution in [0.1, 0.15) is 94.6 Å². The van der Waals surface area contributed by atoms with Gasteiger partial charge in [0.2, 0.25) is 0 Å². The lowest BCUT2D eigenvalue weighted by molar-refractivity contribution is 0.297. The third kappa shape index (κ3) is 6.37. The minimum atomic E-state index is -0.663. The highest BCUT2D eigenvalue weighted by atomic mass is 35.5. The number of benzene rings is 1. The summed E-state index contributed by atoms with van der Waals surface area (Å²) in [5.74, 6) is -0.330. The molecule has 0 saturated heterocycles. The molecule has 0 radical (unpaired) electrons. The van der Waals surface area contributed by atoms with Gasteiger partial charge in [-0.05, 0) is 61.5 Å². The first-order valence-electron chi connectivity index (χ1n) is 10.4. The molecular formula is C23H33ClF2. The van der Waals surface area contributed by atoms with Crippen molar-refractivity contribution in [1.82, 2.24) is 0 Å². The molecule has 0 unspecified atom stereocenters. The van der Waals surface area contributed by atoms with Crippen LogP contribution in [0.4, 0.5) is 8.78 Å². The average Bonchev–Trinajstić information content (AvgIpc) is 2.66. The van der Waals surface area contributed by atoms with E-state index >= 15 is 0 Å². The zero-order valence-electron chi connectivity index (χ0n) is 16.1. The Bertz CT molecular complexity index is 560. The quantitative estimate of drug-likeness (QED) is 0.357. The fourth-order valence-corrected chi connectivity index (χ4v) is 4.34. The van der Waals surface area contributed by atoms with Gasteiger partial charge in [-0.15, -0.1) is 0 Å². The highest BCUT2D eigenvalue weighted by molar-refractivity contribution is 6.25. The van der Waals surface area contributed by atoms with Crippen molar-refractivity contribution in [2.45, 2.75) is 89.9 Å². The molecule has 0 nitrogen and oxygen atoms in total. The maximum atomic E-state index is 14.6. The van der Waals surface area contributed by atoms with Gasteiger partial charge in [-0.1, -0.05) is 75.3 Å². The maximum Gasteiger partial charge on any atom is 0.162 e. The lowest BCUT2D eigenvalue weighted by Gasteiger charge is -2.29. The van der Waals surface area contributed by atoms with Crippen molar-refractivity contribution in [2.24, 2.45) is 5.92 Å². The lowest BCUT2D eigenvalue weighted by Crippen LogP contribution is -2.15. The fraction of sp³-hybridized carbons (Fsp3) is 0.652. The Morgan fingerprint density at radius 3 is 2.42 bits per heavy atom. The van der Waals surface area contributed by atoms with Gasteiger partial charge < -0.3 is 0 Å². The van der Waals surface area contributed by atoms with Crippen LogP contribution in [0.25, 0.3) is 0 Å². The van der Waals surface area contributed by atoms with E-state index < -0.39 is 11.6 Å². The zero-order valence-corrected chi connectivity index (χ0v) is 16.8. The molecule has 0 aromatic heterocycles. The van der Waals surface area contributed by atoms with Crippen molar-refractivity contribution < 1.29 is 8.78 Å². The molecule has 0 heterocycles. The summed E-state index contributed by atoms with van der Waals surface area (Å²) in [4.78, 5) is 0. The fourth-order valence-electron chi connectivity index (χ4n) is 4.21. The van der Waals surface area contributed by atoms with Gasteiger partial charge in [-0.3, -0.25) is 0 Å². The maximum absolute atomic E-state index is 14.6. The molecule has 0 N–H and O–H groups in total. The zero-order chi connectivity index (χ0) is 18.8. The van der Waals surface area contributed by atoms with Crippen molar-refractivity contribution in [3.63, 3.8) is 0 Å². The van der Waals surface area contributed by atoms with Crippen molar-refractivity contribution >= 4 is 11.6 Å². The number of hydrogen-bond acceptors (Lipinski definition) is 0. The van der Waals surface area contributed by atoms with Crippen LogP contribution in [0.5, 0.6) is 0 Å². The third-order valence-corrected chi connectivity index (χ3v) is 6.04. The second kappa shape index (κ2) is 11.7. The Balaban J connectivity index is 1.84. The van der Waals surface area contributed by atoms with Crippen LogP contribution in [0.15, 0.2) is 23.7 Å². The lowest BCUT2D eigenvalue weighted by atomic mass is 9.76. The molecule has 26 heavy (non-hydrogen) atoms. The van der Waals surface area contributed by atoms with Gasteiger partial charge in [0.1, 0.15) is 0 Å². The van der Waals surface area contributed by atoms with Crippen molar-refractivity contribution in [1.29, 1.82) is 0 Å². The third-order valence-electron chi connectivity index (χ3n) is 5.86. The summed E-state index contributed by atoms with van der Waals surface area (Å²) >= 11 is 5.48. The molecule has 3 heteroatoms. The van der Waals surface area contributed by atoms with Gasteiger partial charge in [-0.2, -0.15) is 0 Å². The highest BCUT2D eigenvalue weighted by Gasteiger charge is 2.26. The summed E-state index contributed by atoms with van der Waals surface area (Å²) in [6, 6.07) is 3.57. The standard InChI is InChI=1S/C23H33ClF2/c1-2-3-4-5-6-9-18-11-13-19(14-12-18)21-16-15-20(10-7-8-17-24)22(25)23(21)26/h8,15-19H,2-7,9-14H2,1H3. The van der Waals surface area contributed by atoms with E-state index in [-0.39, 0.29) is 5.92 Å². The number of unbranched alkanes of at least 4 members (excludes halogenated alkanes) is 4. The van der Waals surface area contributed by atoms with E-state index in [1.54, 1.807) is 12.1 Å². The first-order valence-corrected chi connectivity index (χ1v) is 10.8. The van der Waals surface area contributed by atoms with Crippen LogP contribution < -0.4 is 0 Å². The Morgan fingerprint density at radius 2 is 1.73 bits per heavy atom. The van der Waals surface area contributed by atoms with Crippen molar-refractivity contribution in [3.05, 3.63) is 46.5 Å². The molecule has 1 fully saturated rings. The van der Waals surface area contributed by atoms with Crippen LogP contribution in [0.3, 0.4) is 0 Å². The summed E-state index contributed by atoms with van der Waals surface area (Å²) in [6.07, 6.45) is 15.1. The Morgan fingerprint density at radius 1 is 1.00 bits per heavy atom. The number of aryl methyl sites for hydroxylation is 1. The van der Waals surface area contributed by atoms with Crippen molar-refractivity contribution in [2.75, 3.05) is 0 Å². The van der Waals surface area contributed by atoms with Gasteiger partial charge in [-0.25, -0.2) is 8.78 Å². The summed E-state index contributed by atoms with van der Waals surface area (Å²) < 4.78 is 28.9. The number of halogens is 3. The summed E-state index contributed by atoms with van der Waals surface area (Å²) in [6.45, 7) is 2.24. The van der Waals surface area contributed by atoms with Gasteiger partial charge in [0, 0.05) is 5.54 Å². The van der Waals surface area contributed by atoms with E-state index in [2.05, 4.69) is 6.92 Å². The van der Waals surface area contributed by atoms with Gasteiger partial charge in [0.15, 0.2) is 11.6 Å². The molecule has 1 aromatic carbocycles. The van der Waals surface area contributed by atoms with Crippen LogP contribution in [-0.4, -0.2) is 0 Å². The van der Waals surface area contributed by atoms with E-state index in [0.717, 1.165) is 31.6 Å². The molecular weight excluding hydrogens is 350 g/mol. The molecule has 146 valence electrons. The number of allylic oxidation sites excluding steroid dienone is 1. The topological polar surface area (TPSA) is 0 Å². The van der Waals surface area contributed by atoms with E-state index in [1.165, 1.54) is 44.1 Å². The van der Waals surface area contributed by atoms with Crippen LogP contribution >= 0.6 is 11.6 Å². The van der Waals surface area contributed by atoms with E-state index in [9.17, 15) is 8.78 Å². The van der Waals surface area contributed by atoms with Gasteiger partial charge in [0.25, 0.3) is 0 Å². The molecule has 1 aromatic rings. The molecule has 0 atom stereocenters. The Labute approximate surface area is 163 Å². The Kier molecular flexibility index (Phi) is 9.67. The average molecular weight is 383 g/mol. The molecule has 1 aliphatic rings. The highest BCUT2D eigenvalue weighted by Crippen LogP contribution is 2.39. The smallest absolute Gasteiger partial charge is 0.162 e. The largest absolute Gasteiger partial charge is 0.203 e. The monoisotopic (exact) mass is 382 g/mol. The predicted octanol–water partition coefficient (Wildman–Crippen LogP) is 8.28. The second-order valence-corrected chi connectivity index (χ2v) is 8.01. The molecule has 0 bridgehead atoms. The summed E-state index contributed by atoms with van der Waals surface area (Å²) in [7, 11) is 0. The minimum Gasteiger partial charge on any atom is -0.203 e. The van der Waals surface area contributed by atoms with Gasteiger partial charge in [0.05, 0.1) is 0 Å². The van der Waals surface area contributed by atoms with Crippen LogP contribution in [0.2, 0.25) is 0 Å². The Hall–Kier alpha value is -0.890. The summed E-state index contributed by atoms with van der Waals surface area (Å²) in [5, 5.41) is 0. The van der Waals surface area contributed by atoms with E-state index in [1.807, 2.05) is 6.07 Å². The SMILES string of the molecule is CCCCCCCC1CCC(c2ccc(CCC=CCl)c(F)c2F)CC1. The normalized spacial score (nSPS) is 20.8. The molecule has 1 aliphatic carbocycles. The molecule has 1 saturated carbocycles. The minimum absolute atomic E-state index is 0.178. The number of hydrogen-bond donors (Lipinski definition) is 0. The van der Waals surface area contributed by atoms with Crippen molar-refractivity contribution in [3.8, 4) is 0 Å². The number of rotatable bonds is 10. The van der Waals surface area contributed by atoms with E-state index in [4.69, 9.17) is 11.6 Å². The summed E-state index contributed by atoms with van der Waals surface area (Å²) in [5.41, 5.74) is 2.45. The molecule has 2 rings (SSSR count). The predicted molar refractivity (Wildman–Crippen MR) is 108 cm³/mol. The second-order valence-electron chi connectivity index (χ2n) is 7.76. The van der Waals surface area contributed by atoms with E-state index in [0.29, 0.717) is 24.0 Å². The first kappa shape index (κ1) is 21.4. The molecule has 0 amide bonds. The first-order chi connectivity index (χ1) is 12.7. The van der Waals surface area contributed by atoms with Gasteiger partial charge >= 0.3 is 0 Å². The molecule has 0 spiro atoms.